The zero-order chi connectivity index (χ0) is 12.6. The highest BCUT2D eigenvalue weighted by Gasteiger charge is 2.10. The van der Waals surface area contributed by atoms with Crippen molar-refractivity contribution in [3.05, 3.63) is 47.0 Å². The molecule has 2 aromatic rings. The molecule has 0 atom stereocenters. The third-order valence-electron chi connectivity index (χ3n) is 3.20. The van der Waals surface area contributed by atoms with Crippen molar-refractivity contribution in [3.63, 3.8) is 0 Å². The zero-order valence-corrected chi connectivity index (χ0v) is 10.3. The third-order valence-corrected chi connectivity index (χ3v) is 3.20. The lowest BCUT2D eigenvalue weighted by Crippen LogP contribution is -1.89. The predicted octanol–water partition coefficient (Wildman–Crippen LogP) is 3.69. The average molecular weight is 228 g/mol. The topological polar surface area (TPSA) is 40.5 Å². The van der Waals surface area contributed by atoms with E-state index in [9.17, 15) is 10.2 Å². The van der Waals surface area contributed by atoms with E-state index >= 15 is 0 Å². The lowest BCUT2D eigenvalue weighted by molar-refractivity contribution is 0.470. The van der Waals surface area contributed by atoms with Crippen LogP contribution in [0.5, 0.6) is 11.5 Å². The first-order valence-electron chi connectivity index (χ1n) is 5.60. The van der Waals surface area contributed by atoms with Crippen LogP contribution in [0.25, 0.3) is 11.1 Å². The van der Waals surface area contributed by atoms with E-state index in [1.807, 2.05) is 39.0 Å². The Morgan fingerprint density at radius 1 is 0.706 bits per heavy atom. The molecule has 0 bridgehead atoms. The smallest absolute Gasteiger partial charge is 0.123 e. The minimum absolute atomic E-state index is 0.276. The first kappa shape index (κ1) is 11.5. The van der Waals surface area contributed by atoms with Crippen LogP contribution in [-0.4, -0.2) is 10.2 Å². The van der Waals surface area contributed by atoms with Crippen LogP contribution in [0.4, 0.5) is 0 Å². The molecular weight excluding hydrogens is 212 g/mol. The summed E-state index contributed by atoms with van der Waals surface area (Å²) in [6.45, 7) is 5.77. The molecule has 2 aromatic carbocycles. The molecule has 0 aliphatic heterocycles. The van der Waals surface area contributed by atoms with E-state index < -0.39 is 0 Å². The van der Waals surface area contributed by atoms with Gasteiger partial charge in [-0.3, -0.25) is 0 Å². The van der Waals surface area contributed by atoms with Crippen molar-refractivity contribution in [1.82, 2.24) is 0 Å². The van der Waals surface area contributed by atoms with E-state index in [1.54, 1.807) is 12.1 Å². The highest BCUT2D eigenvalue weighted by atomic mass is 16.3. The number of aryl methyl sites for hydroxylation is 1. The molecule has 2 heteroatoms. The van der Waals surface area contributed by atoms with Crippen molar-refractivity contribution in [2.45, 2.75) is 20.8 Å². The molecule has 0 spiro atoms. The van der Waals surface area contributed by atoms with Gasteiger partial charge in [-0.15, -0.1) is 0 Å². The minimum Gasteiger partial charge on any atom is -0.508 e. The van der Waals surface area contributed by atoms with Gasteiger partial charge in [-0.25, -0.2) is 0 Å². The second-order valence-corrected chi connectivity index (χ2v) is 4.40. The summed E-state index contributed by atoms with van der Waals surface area (Å²) >= 11 is 0. The fraction of sp³-hybridized carbons (Fsp3) is 0.200. The number of hydrogen-bond acceptors (Lipinski definition) is 2. The van der Waals surface area contributed by atoms with Crippen molar-refractivity contribution in [1.29, 1.82) is 0 Å². The number of benzene rings is 2. The van der Waals surface area contributed by atoms with Gasteiger partial charge in [-0.1, -0.05) is 18.2 Å². The van der Waals surface area contributed by atoms with Gasteiger partial charge in [0.2, 0.25) is 0 Å². The van der Waals surface area contributed by atoms with Crippen LogP contribution in [-0.2, 0) is 0 Å². The van der Waals surface area contributed by atoms with Gasteiger partial charge < -0.3 is 10.2 Å². The van der Waals surface area contributed by atoms with Crippen LogP contribution in [0.3, 0.4) is 0 Å². The van der Waals surface area contributed by atoms with Gasteiger partial charge in [-0.05, 0) is 55.2 Å². The van der Waals surface area contributed by atoms with E-state index in [1.165, 1.54) is 0 Å². The fourth-order valence-electron chi connectivity index (χ4n) is 1.97. The SMILES string of the molecule is Cc1ccc(-c2ccc(O)c(C)c2C)c(O)c1. The monoisotopic (exact) mass is 228 g/mol. The fourth-order valence-corrected chi connectivity index (χ4v) is 1.97. The van der Waals surface area contributed by atoms with Gasteiger partial charge >= 0.3 is 0 Å². The Bertz CT molecular complexity index is 571. The average Bonchev–Trinajstić information content (AvgIpc) is 2.28. The summed E-state index contributed by atoms with van der Waals surface area (Å²) in [6.07, 6.45) is 0. The molecular formula is C15H16O2. The molecule has 2 N–H and O–H groups in total. The molecule has 0 aliphatic carbocycles. The predicted molar refractivity (Wildman–Crippen MR) is 69.4 cm³/mol. The summed E-state index contributed by atoms with van der Waals surface area (Å²) in [7, 11) is 0. The Morgan fingerprint density at radius 2 is 1.35 bits per heavy atom. The van der Waals surface area contributed by atoms with Gasteiger partial charge in [0.15, 0.2) is 0 Å². The van der Waals surface area contributed by atoms with Crippen LogP contribution in [0.2, 0.25) is 0 Å². The molecule has 0 aromatic heterocycles. The molecule has 17 heavy (non-hydrogen) atoms. The standard InChI is InChI=1S/C15H16O2/c1-9-4-5-13(15(17)8-9)12-6-7-14(16)11(3)10(12)2/h4-8,16-17H,1-3H3. The maximum atomic E-state index is 9.97. The van der Waals surface area contributed by atoms with Crippen molar-refractivity contribution < 1.29 is 10.2 Å². The van der Waals surface area contributed by atoms with Gasteiger partial charge in [0.05, 0.1) is 0 Å². The molecule has 2 nitrogen and oxygen atoms in total. The van der Waals surface area contributed by atoms with Gasteiger partial charge in [0, 0.05) is 5.56 Å². The molecule has 0 radical (unpaired) electrons. The summed E-state index contributed by atoms with van der Waals surface area (Å²) in [4.78, 5) is 0. The van der Waals surface area contributed by atoms with Gasteiger partial charge in [-0.2, -0.15) is 0 Å². The largest absolute Gasteiger partial charge is 0.508 e. The lowest BCUT2D eigenvalue weighted by Gasteiger charge is -2.12. The number of rotatable bonds is 1. The van der Waals surface area contributed by atoms with E-state index in [4.69, 9.17) is 0 Å². The Hall–Kier alpha value is -1.96. The van der Waals surface area contributed by atoms with E-state index in [0.717, 1.165) is 27.8 Å². The van der Waals surface area contributed by atoms with Crippen LogP contribution >= 0.6 is 0 Å². The Balaban J connectivity index is 2.65. The highest BCUT2D eigenvalue weighted by Crippen LogP contribution is 2.35. The zero-order valence-electron chi connectivity index (χ0n) is 10.3. The van der Waals surface area contributed by atoms with E-state index in [2.05, 4.69) is 0 Å². The summed E-state index contributed by atoms with van der Waals surface area (Å²) < 4.78 is 0. The number of aromatic hydroxyl groups is 2. The second-order valence-electron chi connectivity index (χ2n) is 4.40. The van der Waals surface area contributed by atoms with Crippen molar-refractivity contribution in [2.75, 3.05) is 0 Å². The van der Waals surface area contributed by atoms with Gasteiger partial charge in [0.1, 0.15) is 11.5 Å². The van der Waals surface area contributed by atoms with Crippen molar-refractivity contribution in [2.24, 2.45) is 0 Å². The molecule has 2 rings (SSSR count). The number of hydrogen-bond donors (Lipinski definition) is 2. The second kappa shape index (κ2) is 4.13. The first-order valence-corrected chi connectivity index (χ1v) is 5.60. The number of phenols is 2. The van der Waals surface area contributed by atoms with Crippen molar-refractivity contribution in [3.8, 4) is 22.6 Å². The quantitative estimate of drug-likeness (QED) is 0.781. The maximum Gasteiger partial charge on any atom is 0.123 e. The molecule has 0 saturated heterocycles. The Morgan fingerprint density at radius 3 is 2.00 bits per heavy atom. The van der Waals surface area contributed by atoms with Crippen LogP contribution in [0.15, 0.2) is 30.3 Å². The number of phenolic OH excluding ortho intramolecular Hbond substituents is 2. The van der Waals surface area contributed by atoms with E-state index in [0.29, 0.717) is 0 Å². The Kier molecular flexibility index (Phi) is 2.80. The summed E-state index contributed by atoms with van der Waals surface area (Å²) in [6, 6.07) is 9.12. The van der Waals surface area contributed by atoms with E-state index in [-0.39, 0.29) is 11.5 Å². The molecule has 0 unspecified atom stereocenters. The molecule has 0 fully saturated rings. The summed E-state index contributed by atoms with van der Waals surface area (Å²) in [5.74, 6) is 0.566. The van der Waals surface area contributed by atoms with Crippen LogP contribution in [0.1, 0.15) is 16.7 Å². The molecule has 0 aliphatic rings. The lowest BCUT2D eigenvalue weighted by atomic mass is 9.95. The highest BCUT2D eigenvalue weighted by molar-refractivity contribution is 5.75. The molecule has 0 amide bonds. The van der Waals surface area contributed by atoms with Crippen LogP contribution in [0, 0.1) is 20.8 Å². The normalized spacial score (nSPS) is 10.5. The first-order chi connectivity index (χ1) is 8.00. The van der Waals surface area contributed by atoms with Crippen LogP contribution < -0.4 is 0 Å². The van der Waals surface area contributed by atoms with Crippen molar-refractivity contribution >= 4 is 0 Å². The maximum absolute atomic E-state index is 9.97. The van der Waals surface area contributed by atoms with Gasteiger partial charge in [0.25, 0.3) is 0 Å². The molecule has 0 saturated carbocycles. The minimum atomic E-state index is 0.276. The Labute approximate surface area is 101 Å². The third kappa shape index (κ3) is 1.98. The summed E-state index contributed by atoms with van der Waals surface area (Å²) in [5, 5.41) is 19.6. The molecule has 0 heterocycles. The molecule has 88 valence electrons. The summed E-state index contributed by atoms with van der Waals surface area (Å²) in [5.41, 5.74) is 4.63.